The molecular weight excluding hydrogens is 150 g/mol. The molecule has 0 aromatic carbocycles. The molecule has 2 rings (SSSR count). The summed E-state index contributed by atoms with van der Waals surface area (Å²) in [6.07, 6.45) is 0.339. The van der Waals surface area contributed by atoms with Crippen molar-refractivity contribution in [1.29, 1.82) is 0 Å². The Balaban J connectivity index is 2.41. The predicted octanol–water partition coefficient (Wildman–Crippen LogP) is 0.959. The number of nitrogens with zero attached hydrogens (tertiary/aromatic N) is 1. The van der Waals surface area contributed by atoms with E-state index in [0.717, 1.165) is 4.88 Å². The number of hydrogen-bond donors (Lipinski definition) is 1. The van der Waals surface area contributed by atoms with Crippen molar-refractivity contribution >= 4 is 11.3 Å². The largest absolute Gasteiger partial charge is 0.477 e. The summed E-state index contributed by atoms with van der Waals surface area (Å²) in [4.78, 5) is 4.81. The van der Waals surface area contributed by atoms with Crippen LogP contribution in [0.2, 0.25) is 0 Å². The minimum Gasteiger partial charge on any atom is -0.477 e. The maximum atomic E-state index is 9.34. The Bertz CT molecular complexity index is 235. The maximum Gasteiger partial charge on any atom is 0.230 e. The van der Waals surface area contributed by atoms with E-state index in [4.69, 9.17) is 4.74 Å². The summed E-state index contributed by atoms with van der Waals surface area (Å²) >= 11 is 1.45. The fourth-order valence-corrected chi connectivity index (χ4v) is 1.72. The molecule has 54 valence electrons. The molecule has 0 spiro atoms. The van der Waals surface area contributed by atoms with Crippen LogP contribution in [0.4, 0.5) is 0 Å². The van der Waals surface area contributed by atoms with Gasteiger partial charge in [-0.05, 0) is 0 Å². The third-order valence-corrected chi connectivity index (χ3v) is 2.40. The zero-order chi connectivity index (χ0) is 6.97. The van der Waals surface area contributed by atoms with E-state index in [1.165, 1.54) is 11.3 Å². The Labute approximate surface area is 62.3 Å². The van der Waals surface area contributed by atoms with Crippen molar-refractivity contribution in [3.8, 4) is 5.88 Å². The lowest BCUT2D eigenvalue weighted by Crippen LogP contribution is -2.11. The summed E-state index contributed by atoms with van der Waals surface area (Å²) in [5.41, 5.74) is 1.69. The number of hydrogen-bond acceptors (Lipinski definition) is 4. The molecule has 2 heterocycles. The van der Waals surface area contributed by atoms with Crippen LogP contribution in [-0.4, -0.2) is 16.7 Å². The highest BCUT2D eigenvalue weighted by Gasteiger charge is 2.21. The van der Waals surface area contributed by atoms with Crippen LogP contribution >= 0.6 is 11.3 Å². The van der Waals surface area contributed by atoms with Crippen molar-refractivity contribution in [2.75, 3.05) is 6.61 Å². The Morgan fingerprint density at radius 3 is 3.50 bits per heavy atom. The van der Waals surface area contributed by atoms with E-state index in [2.05, 4.69) is 4.98 Å². The molecule has 0 bridgehead atoms. The minimum atomic E-state index is -0.351. The van der Waals surface area contributed by atoms with Gasteiger partial charge in [-0.1, -0.05) is 0 Å². The molecule has 0 saturated carbocycles. The van der Waals surface area contributed by atoms with Crippen LogP contribution in [0.15, 0.2) is 5.51 Å². The average Bonchev–Trinajstić information content (AvgIpc) is 2.36. The summed E-state index contributed by atoms with van der Waals surface area (Å²) in [5, 5.41) is 9.34. The van der Waals surface area contributed by atoms with Gasteiger partial charge >= 0.3 is 0 Å². The van der Waals surface area contributed by atoms with Gasteiger partial charge in [-0.15, -0.1) is 11.3 Å². The van der Waals surface area contributed by atoms with Gasteiger partial charge in [0.05, 0.1) is 23.1 Å². The molecule has 0 aliphatic carbocycles. The van der Waals surface area contributed by atoms with Crippen LogP contribution in [0.5, 0.6) is 5.88 Å². The topological polar surface area (TPSA) is 42.4 Å². The number of ether oxygens (including phenoxy) is 1. The molecule has 1 aliphatic rings. The Morgan fingerprint density at radius 1 is 1.80 bits per heavy atom. The fraction of sp³-hybridized carbons (Fsp3) is 0.500. The highest BCUT2D eigenvalue weighted by Crippen LogP contribution is 2.33. The highest BCUT2D eigenvalue weighted by molar-refractivity contribution is 7.10. The van der Waals surface area contributed by atoms with Crippen molar-refractivity contribution in [1.82, 2.24) is 4.98 Å². The molecule has 3 nitrogen and oxygen atoms in total. The first-order valence-corrected chi connectivity index (χ1v) is 4.00. The molecule has 1 aliphatic heterocycles. The van der Waals surface area contributed by atoms with Crippen molar-refractivity contribution in [3.05, 3.63) is 10.4 Å². The van der Waals surface area contributed by atoms with Crippen molar-refractivity contribution in [3.63, 3.8) is 0 Å². The van der Waals surface area contributed by atoms with Gasteiger partial charge in [0.1, 0.15) is 0 Å². The molecule has 0 fully saturated rings. The van der Waals surface area contributed by atoms with Gasteiger partial charge in [-0.2, -0.15) is 0 Å². The van der Waals surface area contributed by atoms with Crippen molar-refractivity contribution < 1.29 is 9.84 Å². The van der Waals surface area contributed by atoms with Crippen LogP contribution in [-0.2, 0) is 0 Å². The summed E-state index contributed by atoms with van der Waals surface area (Å²) in [6, 6.07) is 0. The molecule has 4 heteroatoms. The van der Waals surface area contributed by atoms with E-state index in [-0.39, 0.29) is 6.10 Å². The molecule has 0 saturated heterocycles. The van der Waals surface area contributed by atoms with Crippen molar-refractivity contribution in [2.45, 2.75) is 12.5 Å². The number of rotatable bonds is 0. The van der Waals surface area contributed by atoms with Gasteiger partial charge in [0.2, 0.25) is 5.88 Å². The Hall–Kier alpha value is -0.610. The monoisotopic (exact) mass is 157 g/mol. The van der Waals surface area contributed by atoms with Crippen LogP contribution in [0, 0.1) is 0 Å². The third kappa shape index (κ3) is 0.803. The Kier molecular flexibility index (Phi) is 1.35. The van der Waals surface area contributed by atoms with Crippen LogP contribution in [0.1, 0.15) is 17.4 Å². The second-order valence-electron chi connectivity index (χ2n) is 2.17. The molecule has 1 N–H and O–H groups in total. The summed E-state index contributed by atoms with van der Waals surface area (Å²) < 4.78 is 5.17. The summed E-state index contributed by atoms with van der Waals surface area (Å²) in [7, 11) is 0. The van der Waals surface area contributed by atoms with E-state index in [1.807, 2.05) is 0 Å². The first-order valence-electron chi connectivity index (χ1n) is 3.12. The zero-order valence-corrected chi connectivity index (χ0v) is 6.10. The molecular formula is C6H7NO2S. The lowest BCUT2D eigenvalue weighted by molar-refractivity contribution is 0.117. The molecule has 1 aromatic heterocycles. The fourth-order valence-electron chi connectivity index (χ4n) is 0.973. The van der Waals surface area contributed by atoms with Crippen LogP contribution in [0.25, 0.3) is 0 Å². The van der Waals surface area contributed by atoms with Gasteiger partial charge in [-0.3, -0.25) is 0 Å². The molecule has 0 radical (unpaired) electrons. The van der Waals surface area contributed by atoms with Gasteiger partial charge in [0, 0.05) is 6.42 Å². The summed E-state index contributed by atoms with van der Waals surface area (Å²) in [6.45, 7) is 0.581. The summed E-state index contributed by atoms with van der Waals surface area (Å²) in [5.74, 6) is 0.615. The van der Waals surface area contributed by atoms with E-state index >= 15 is 0 Å². The smallest absolute Gasteiger partial charge is 0.230 e. The first kappa shape index (κ1) is 6.12. The lowest BCUT2D eigenvalue weighted by Gasteiger charge is -2.16. The third-order valence-electron chi connectivity index (χ3n) is 1.49. The quantitative estimate of drug-likeness (QED) is 0.610. The molecule has 10 heavy (non-hydrogen) atoms. The van der Waals surface area contributed by atoms with E-state index < -0.39 is 0 Å². The lowest BCUT2D eigenvalue weighted by atomic mass is 10.2. The second-order valence-corrected chi connectivity index (χ2v) is 3.06. The number of fused-ring (bicyclic) bond motifs is 1. The Morgan fingerprint density at radius 2 is 2.70 bits per heavy atom. The minimum absolute atomic E-state index is 0.351. The normalized spacial score (nSPS) is 23.5. The molecule has 1 aromatic rings. The van der Waals surface area contributed by atoms with Crippen LogP contribution < -0.4 is 4.74 Å². The van der Waals surface area contributed by atoms with Gasteiger partial charge in [0.15, 0.2) is 0 Å². The van der Waals surface area contributed by atoms with Crippen molar-refractivity contribution in [2.24, 2.45) is 0 Å². The highest BCUT2D eigenvalue weighted by atomic mass is 32.1. The number of aromatic nitrogens is 1. The SMILES string of the molecule is O[C@H]1CCOc2ncsc21. The second kappa shape index (κ2) is 2.21. The van der Waals surface area contributed by atoms with E-state index in [9.17, 15) is 5.11 Å². The average molecular weight is 157 g/mol. The van der Waals surface area contributed by atoms with E-state index in [0.29, 0.717) is 18.9 Å². The zero-order valence-electron chi connectivity index (χ0n) is 5.28. The number of aliphatic hydroxyl groups is 1. The van der Waals surface area contributed by atoms with Crippen LogP contribution in [0.3, 0.4) is 0 Å². The standard InChI is InChI=1S/C6H7NO2S/c8-4-1-2-9-6-5(4)10-3-7-6/h3-4,8H,1-2H2/t4-/m0/s1. The number of aliphatic hydroxyl groups excluding tert-OH is 1. The van der Waals surface area contributed by atoms with Gasteiger partial charge in [0.25, 0.3) is 0 Å². The molecule has 1 atom stereocenters. The first-order chi connectivity index (χ1) is 4.88. The molecule has 0 unspecified atom stereocenters. The maximum absolute atomic E-state index is 9.34. The number of thiazole rings is 1. The predicted molar refractivity (Wildman–Crippen MR) is 37.2 cm³/mol. The van der Waals surface area contributed by atoms with Gasteiger partial charge < -0.3 is 9.84 Å². The molecule has 0 amide bonds. The van der Waals surface area contributed by atoms with E-state index in [1.54, 1.807) is 5.51 Å². The van der Waals surface area contributed by atoms with Gasteiger partial charge in [-0.25, -0.2) is 4.98 Å².